The predicted octanol–water partition coefficient (Wildman–Crippen LogP) is 2.42. The second-order valence-corrected chi connectivity index (χ2v) is 6.38. The number of carbonyl (C=O) groups excluding carboxylic acids is 2. The van der Waals surface area contributed by atoms with Crippen LogP contribution in [0, 0.1) is 5.41 Å². The van der Waals surface area contributed by atoms with Gasteiger partial charge in [-0.2, -0.15) is 0 Å². The normalized spacial score (nSPS) is 16.2. The van der Waals surface area contributed by atoms with Crippen LogP contribution in [0.25, 0.3) is 0 Å². The number of rotatable bonds is 4. The van der Waals surface area contributed by atoms with E-state index in [4.69, 9.17) is 4.74 Å². The lowest BCUT2D eigenvalue weighted by Crippen LogP contribution is -2.38. The molecule has 1 heterocycles. The number of methoxy groups -OCH3 is 1. The highest BCUT2D eigenvalue weighted by molar-refractivity contribution is 9.10. The van der Waals surface area contributed by atoms with Crippen molar-refractivity contribution in [3.8, 4) is 0 Å². The first kappa shape index (κ1) is 13.5. The maximum Gasteiger partial charge on any atom is 0.321 e. The van der Waals surface area contributed by atoms with Gasteiger partial charge in [0.05, 0.1) is 13.7 Å². The Balaban J connectivity index is 2.03. The molecule has 0 unspecified atom stereocenters. The highest BCUT2D eigenvalue weighted by atomic mass is 79.9. The zero-order chi connectivity index (χ0) is 13.3. The fraction of sp³-hybridized carbons (Fsp3) is 0.500. The number of carbonyl (C=O) groups is 2. The van der Waals surface area contributed by atoms with E-state index in [9.17, 15) is 9.59 Å². The minimum absolute atomic E-state index is 0.140. The Morgan fingerprint density at radius 1 is 1.56 bits per heavy atom. The summed E-state index contributed by atoms with van der Waals surface area (Å²) in [5, 5.41) is 1.97. The van der Waals surface area contributed by atoms with Gasteiger partial charge in [-0.3, -0.25) is 9.59 Å². The van der Waals surface area contributed by atoms with E-state index in [1.165, 1.54) is 7.11 Å². The van der Waals surface area contributed by atoms with Crippen molar-refractivity contribution in [1.29, 1.82) is 0 Å². The van der Waals surface area contributed by atoms with Gasteiger partial charge in [-0.05, 0) is 34.8 Å². The standard InChI is InChI=1S/C12H14BrNO3S/c1-14(6-9-5-8(13)7-18-9)10(15)12(3-4-12)11(16)17-2/h5,7H,3-4,6H2,1-2H3. The molecule has 1 aromatic heterocycles. The first-order valence-corrected chi connectivity index (χ1v) is 7.24. The van der Waals surface area contributed by atoms with Crippen LogP contribution in [0.2, 0.25) is 0 Å². The predicted molar refractivity (Wildman–Crippen MR) is 72.2 cm³/mol. The van der Waals surface area contributed by atoms with Gasteiger partial charge in [-0.25, -0.2) is 0 Å². The van der Waals surface area contributed by atoms with Gasteiger partial charge in [0.25, 0.3) is 0 Å². The van der Waals surface area contributed by atoms with Crippen molar-refractivity contribution in [2.45, 2.75) is 19.4 Å². The number of esters is 1. The first-order valence-electron chi connectivity index (χ1n) is 5.56. The highest BCUT2D eigenvalue weighted by Crippen LogP contribution is 2.48. The summed E-state index contributed by atoms with van der Waals surface area (Å²) in [5.41, 5.74) is -0.905. The lowest BCUT2D eigenvalue weighted by Gasteiger charge is -2.21. The average Bonchev–Trinajstić information content (AvgIpc) is 3.07. The van der Waals surface area contributed by atoms with Gasteiger partial charge in [-0.15, -0.1) is 11.3 Å². The largest absolute Gasteiger partial charge is 0.468 e. The van der Waals surface area contributed by atoms with Gasteiger partial charge < -0.3 is 9.64 Å². The third kappa shape index (κ3) is 2.44. The SMILES string of the molecule is COC(=O)C1(C(=O)N(C)Cc2cc(Br)cs2)CC1. The Bertz CT molecular complexity index is 481. The molecule has 1 fully saturated rings. The van der Waals surface area contributed by atoms with Crippen LogP contribution in [0.3, 0.4) is 0 Å². The van der Waals surface area contributed by atoms with Gasteiger partial charge in [0, 0.05) is 21.8 Å². The van der Waals surface area contributed by atoms with E-state index in [1.807, 2.05) is 11.4 Å². The molecular formula is C12H14BrNO3S. The molecule has 1 aliphatic carbocycles. The average molecular weight is 332 g/mol. The van der Waals surface area contributed by atoms with Crippen molar-refractivity contribution in [2.75, 3.05) is 14.2 Å². The molecule has 98 valence electrons. The lowest BCUT2D eigenvalue weighted by atomic mass is 10.1. The summed E-state index contributed by atoms with van der Waals surface area (Å²) in [7, 11) is 3.05. The van der Waals surface area contributed by atoms with Crippen LogP contribution in [-0.4, -0.2) is 30.9 Å². The molecule has 1 aromatic rings. The molecule has 0 bridgehead atoms. The number of amides is 1. The molecule has 0 aromatic carbocycles. The third-order valence-electron chi connectivity index (χ3n) is 3.10. The molecule has 1 aliphatic rings. The van der Waals surface area contributed by atoms with E-state index in [0.717, 1.165) is 9.35 Å². The van der Waals surface area contributed by atoms with E-state index in [0.29, 0.717) is 19.4 Å². The number of ether oxygens (including phenoxy) is 1. The summed E-state index contributed by atoms with van der Waals surface area (Å²) in [6, 6.07) is 1.98. The Morgan fingerprint density at radius 3 is 2.67 bits per heavy atom. The Labute approximate surface area is 118 Å². The molecule has 0 N–H and O–H groups in total. The molecule has 0 radical (unpaired) electrons. The second kappa shape index (κ2) is 5.01. The van der Waals surface area contributed by atoms with Gasteiger partial charge in [0.15, 0.2) is 0 Å². The van der Waals surface area contributed by atoms with Crippen LogP contribution < -0.4 is 0 Å². The van der Waals surface area contributed by atoms with Crippen LogP contribution in [0.15, 0.2) is 15.9 Å². The van der Waals surface area contributed by atoms with Crippen LogP contribution in [-0.2, 0) is 20.9 Å². The van der Waals surface area contributed by atoms with E-state index in [1.54, 1.807) is 23.3 Å². The number of thiophene rings is 1. The van der Waals surface area contributed by atoms with Gasteiger partial charge in [-0.1, -0.05) is 0 Å². The monoisotopic (exact) mass is 331 g/mol. The molecule has 0 spiro atoms. The maximum absolute atomic E-state index is 12.3. The smallest absolute Gasteiger partial charge is 0.321 e. The van der Waals surface area contributed by atoms with Crippen LogP contribution in [0.5, 0.6) is 0 Å². The summed E-state index contributed by atoms with van der Waals surface area (Å²) in [5.74, 6) is -0.550. The van der Waals surface area contributed by atoms with Gasteiger partial charge in [0.2, 0.25) is 5.91 Å². The molecule has 6 heteroatoms. The summed E-state index contributed by atoms with van der Waals surface area (Å²) in [6.07, 6.45) is 1.19. The molecule has 1 saturated carbocycles. The first-order chi connectivity index (χ1) is 8.49. The summed E-state index contributed by atoms with van der Waals surface area (Å²) in [6.45, 7) is 0.522. The molecule has 1 amide bonds. The van der Waals surface area contributed by atoms with E-state index >= 15 is 0 Å². The topological polar surface area (TPSA) is 46.6 Å². The number of hydrogen-bond acceptors (Lipinski definition) is 4. The van der Waals surface area contributed by atoms with Crippen LogP contribution in [0.4, 0.5) is 0 Å². The molecule has 18 heavy (non-hydrogen) atoms. The summed E-state index contributed by atoms with van der Waals surface area (Å²) < 4.78 is 5.72. The number of halogens is 1. The molecular weight excluding hydrogens is 318 g/mol. The summed E-state index contributed by atoms with van der Waals surface area (Å²) >= 11 is 4.96. The Morgan fingerprint density at radius 2 is 2.22 bits per heavy atom. The lowest BCUT2D eigenvalue weighted by molar-refractivity contribution is -0.155. The van der Waals surface area contributed by atoms with Crippen molar-refractivity contribution in [3.05, 3.63) is 20.8 Å². The molecule has 4 nitrogen and oxygen atoms in total. The highest BCUT2D eigenvalue weighted by Gasteiger charge is 2.58. The van der Waals surface area contributed by atoms with Gasteiger partial charge in [0.1, 0.15) is 5.41 Å². The maximum atomic E-state index is 12.3. The van der Waals surface area contributed by atoms with Crippen molar-refractivity contribution in [2.24, 2.45) is 5.41 Å². The molecule has 0 saturated heterocycles. The fourth-order valence-corrected chi connectivity index (χ4v) is 3.44. The fourth-order valence-electron chi connectivity index (χ4n) is 1.93. The zero-order valence-corrected chi connectivity index (χ0v) is 12.6. The molecule has 0 aliphatic heterocycles. The molecule has 0 atom stereocenters. The van der Waals surface area contributed by atoms with E-state index in [2.05, 4.69) is 15.9 Å². The van der Waals surface area contributed by atoms with E-state index in [-0.39, 0.29) is 5.91 Å². The van der Waals surface area contributed by atoms with Gasteiger partial charge >= 0.3 is 5.97 Å². The van der Waals surface area contributed by atoms with E-state index < -0.39 is 11.4 Å². The van der Waals surface area contributed by atoms with Crippen LogP contribution >= 0.6 is 27.3 Å². The van der Waals surface area contributed by atoms with Crippen molar-refractivity contribution in [3.63, 3.8) is 0 Å². The Hall–Kier alpha value is -0.880. The third-order valence-corrected chi connectivity index (χ3v) is 4.78. The summed E-state index contributed by atoms with van der Waals surface area (Å²) in [4.78, 5) is 26.6. The minimum atomic E-state index is -0.905. The number of nitrogens with zero attached hydrogens (tertiary/aromatic N) is 1. The van der Waals surface area contributed by atoms with Crippen molar-refractivity contribution >= 4 is 39.1 Å². The van der Waals surface area contributed by atoms with Crippen molar-refractivity contribution in [1.82, 2.24) is 4.90 Å². The second-order valence-electron chi connectivity index (χ2n) is 4.47. The number of hydrogen-bond donors (Lipinski definition) is 0. The zero-order valence-electron chi connectivity index (χ0n) is 10.2. The molecule has 2 rings (SSSR count). The van der Waals surface area contributed by atoms with Crippen LogP contribution in [0.1, 0.15) is 17.7 Å². The minimum Gasteiger partial charge on any atom is -0.468 e. The Kier molecular flexibility index (Phi) is 3.77. The van der Waals surface area contributed by atoms with Crippen molar-refractivity contribution < 1.29 is 14.3 Å². The quantitative estimate of drug-likeness (QED) is 0.628.